The van der Waals surface area contributed by atoms with Crippen LogP contribution in [0.25, 0.3) is 0 Å². The van der Waals surface area contributed by atoms with Crippen molar-refractivity contribution in [1.82, 2.24) is 5.32 Å². The Hall–Kier alpha value is -0.460. The van der Waals surface area contributed by atoms with Crippen LogP contribution >= 0.6 is 15.9 Å². The average molecular weight is 366 g/mol. The molecule has 0 saturated heterocycles. The maximum Gasteiger partial charge on any atom is 0.147 e. The molecule has 0 saturated carbocycles. The second-order valence-corrected chi connectivity index (χ2v) is 8.06. The van der Waals surface area contributed by atoms with E-state index in [1.807, 2.05) is 0 Å². The lowest BCUT2D eigenvalue weighted by atomic mass is 10.0. The highest BCUT2D eigenvalue weighted by Gasteiger charge is 2.15. The minimum absolute atomic E-state index is 0.0340. The molecule has 3 nitrogen and oxygen atoms in total. The van der Waals surface area contributed by atoms with Gasteiger partial charge in [0.1, 0.15) is 15.7 Å². The molecule has 1 aromatic carbocycles. The van der Waals surface area contributed by atoms with Crippen LogP contribution in [0.15, 0.2) is 22.7 Å². The summed E-state index contributed by atoms with van der Waals surface area (Å²) >= 11 is 3.37. The van der Waals surface area contributed by atoms with Crippen molar-refractivity contribution in [2.75, 3.05) is 18.6 Å². The fourth-order valence-electron chi connectivity index (χ4n) is 2.02. The Morgan fingerprint density at radius 2 is 2.10 bits per heavy atom. The van der Waals surface area contributed by atoms with Crippen LogP contribution in [0.5, 0.6) is 0 Å². The van der Waals surface area contributed by atoms with E-state index >= 15 is 0 Å². The quantitative estimate of drug-likeness (QED) is 0.767. The first-order chi connectivity index (χ1) is 9.33. The first-order valence-electron chi connectivity index (χ1n) is 6.69. The van der Waals surface area contributed by atoms with Crippen molar-refractivity contribution in [3.05, 3.63) is 34.1 Å². The van der Waals surface area contributed by atoms with E-state index in [2.05, 4.69) is 28.2 Å². The van der Waals surface area contributed by atoms with Crippen LogP contribution in [-0.4, -0.2) is 27.0 Å². The van der Waals surface area contributed by atoms with Crippen molar-refractivity contribution >= 4 is 25.8 Å². The average Bonchev–Trinajstić information content (AvgIpc) is 2.33. The second-order valence-electron chi connectivity index (χ2n) is 4.94. The molecule has 20 heavy (non-hydrogen) atoms. The summed E-state index contributed by atoms with van der Waals surface area (Å²) in [5, 5.41) is 3.38. The van der Waals surface area contributed by atoms with E-state index in [-0.39, 0.29) is 17.6 Å². The van der Waals surface area contributed by atoms with Crippen LogP contribution in [0.2, 0.25) is 0 Å². The summed E-state index contributed by atoms with van der Waals surface area (Å²) in [6.07, 6.45) is 3.53. The zero-order chi connectivity index (χ0) is 15.2. The van der Waals surface area contributed by atoms with Crippen molar-refractivity contribution in [2.45, 2.75) is 32.2 Å². The Labute approximate surface area is 129 Å². The molecule has 6 heteroatoms. The van der Waals surface area contributed by atoms with Gasteiger partial charge in [0.05, 0.1) is 0 Å². The van der Waals surface area contributed by atoms with Crippen molar-refractivity contribution < 1.29 is 12.8 Å². The first-order valence-corrected chi connectivity index (χ1v) is 9.55. The van der Waals surface area contributed by atoms with Crippen LogP contribution in [-0.2, 0) is 9.84 Å². The second kappa shape index (κ2) is 8.10. The molecular weight excluding hydrogens is 345 g/mol. The Balaban J connectivity index is 2.77. The Morgan fingerprint density at radius 1 is 1.40 bits per heavy atom. The molecule has 1 rings (SSSR count). The van der Waals surface area contributed by atoms with Gasteiger partial charge in [-0.25, -0.2) is 12.8 Å². The minimum Gasteiger partial charge on any atom is -0.310 e. The molecule has 1 N–H and O–H groups in total. The van der Waals surface area contributed by atoms with Crippen LogP contribution in [0.4, 0.5) is 4.39 Å². The summed E-state index contributed by atoms with van der Waals surface area (Å²) in [6.45, 7) is 2.91. The largest absolute Gasteiger partial charge is 0.310 e. The van der Waals surface area contributed by atoms with Gasteiger partial charge in [0.25, 0.3) is 0 Å². The van der Waals surface area contributed by atoms with E-state index in [0.29, 0.717) is 17.3 Å². The molecule has 0 spiro atoms. The van der Waals surface area contributed by atoms with Gasteiger partial charge in [-0.05, 0) is 43.5 Å². The summed E-state index contributed by atoms with van der Waals surface area (Å²) in [5.74, 6) is -0.109. The lowest BCUT2D eigenvalue weighted by Gasteiger charge is -2.20. The predicted octanol–water partition coefficient (Wildman–Crippen LogP) is 3.45. The van der Waals surface area contributed by atoms with Gasteiger partial charge in [-0.1, -0.05) is 28.9 Å². The van der Waals surface area contributed by atoms with E-state index in [9.17, 15) is 12.8 Å². The third kappa shape index (κ3) is 6.33. The fourth-order valence-corrected chi connectivity index (χ4v) is 3.34. The number of hydrogen-bond donors (Lipinski definition) is 1. The van der Waals surface area contributed by atoms with Gasteiger partial charge in [-0.15, -0.1) is 0 Å². The maximum absolute atomic E-state index is 13.1. The van der Waals surface area contributed by atoms with E-state index in [0.717, 1.165) is 18.5 Å². The zero-order valence-corrected chi connectivity index (χ0v) is 14.2. The van der Waals surface area contributed by atoms with Gasteiger partial charge in [-0.3, -0.25) is 0 Å². The molecule has 0 radical (unpaired) electrons. The van der Waals surface area contributed by atoms with Gasteiger partial charge in [0.15, 0.2) is 0 Å². The number of benzene rings is 1. The van der Waals surface area contributed by atoms with Gasteiger partial charge in [-0.2, -0.15) is 0 Å². The summed E-state index contributed by atoms with van der Waals surface area (Å²) in [7, 11) is -2.94. The third-order valence-electron chi connectivity index (χ3n) is 2.99. The van der Waals surface area contributed by atoms with Crippen LogP contribution < -0.4 is 5.32 Å². The minimum atomic E-state index is -2.94. The molecule has 0 fully saturated rings. The van der Waals surface area contributed by atoms with Gasteiger partial charge in [0, 0.05) is 22.5 Å². The van der Waals surface area contributed by atoms with Gasteiger partial charge in [0.2, 0.25) is 0 Å². The van der Waals surface area contributed by atoms with E-state index < -0.39 is 9.84 Å². The lowest BCUT2D eigenvalue weighted by molar-refractivity contribution is 0.490. The number of rotatable bonds is 8. The smallest absolute Gasteiger partial charge is 0.147 e. The molecule has 0 aliphatic carbocycles. The summed E-state index contributed by atoms with van der Waals surface area (Å²) in [5.41, 5.74) is 0.966. The number of hydrogen-bond acceptors (Lipinski definition) is 3. The molecule has 0 amide bonds. The SMILES string of the molecule is CCCNC(CCCS(C)(=O)=O)c1ccc(F)cc1Br. The zero-order valence-electron chi connectivity index (χ0n) is 11.8. The predicted molar refractivity (Wildman–Crippen MR) is 84.1 cm³/mol. The maximum atomic E-state index is 13.1. The van der Waals surface area contributed by atoms with E-state index in [1.165, 1.54) is 18.4 Å². The molecule has 0 aromatic heterocycles. The number of nitrogens with one attached hydrogen (secondary N) is 1. The Morgan fingerprint density at radius 3 is 2.65 bits per heavy atom. The molecule has 1 aromatic rings. The van der Waals surface area contributed by atoms with Crippen LogP contribution in [0, 0.1) is 5.82 Å². The van der Waals surface area contributed by atoms with Gasteiger partial charge < -0.3 is 5.32 Å². The van der Waals surface area contributed by atoms with Crippen molar-refractivity contribution in [1.29, 1.82) is 0 Å². The monoisotopic (exact) mass is 365 g/mol. The van der Waals surface area contributed by atoms with Crippen molar-refractivity contribution in [3.63, 3.8) is 0 Å². The summed E-state index contributed by atoms with van der Waals surface area (Å²) in [4.78, 5) is 0. The molecule has 0 bridgehead atoms. The Bertz CT molecular complexity index is 534. The molecule has 0 aliphatic rings. The highest BCUT2D eigenvalue weighted by atomic mass is 79.9. The van der Waals surface area contributed by atoms with Gasteiger partial charge >= 0.3 is 0 Å². The van der Waals surface area contributed by atoms with E-state index in [4.69, 9.17) is 0 Å². The Kier molecular flexibility index (Phi) is 7.12. The third-order valence-corrected chi connectivity index (χ3v) is 4.70. The van der Waals surface area contributed by atoms with Crippen molar-refractivity contribution in [3.8, 4) is 0 Å². The standard InChI is InChI=1S/C14H21BrFNO2S/c1-3-8-17-14(5-4-9-20(2,18)19)12-7-6-11(16)10-13(12)15/h6-7,10,14,17H,3-5,8-9H2,1-2H3. The molecule has 114 valence electrons. The lowest BCUT2D eigenvalue weighted by Crippen LogP contribution is -2.23. The fraction of sp³-hybridized carbons (Fsp3) is 0.571. The van der Waals surface area contributed by atoms with Crippen LogP contribution in [0.3, 0.4) is 0 Å². The molecule has 1 atom stereocenters. The molecule has 0 heterocycles. The molecular formula is C14H21BrFNO2S. The van der Waals surface area contributed by atoms with E-state index in [1.54, 1.807) is 6.07 Å². The summed E-state index contributed by atoms with van der Waals surface area (Å²) < 4.78 is 36.2. The molecule has 1 unspecified atom stereocenters. The number of sulfone groups is 1. The summed E-state index contributed by atoms with van der Waals surface area (Å²) in [6, 6.07) is 4.64. The van der Waals surface area contributed by atoms with Crippen molar-refractivity contribution in [2.24, 2.45) is 0 Å². The van der Waals surface area contributed by atoms with Crippen LogP contribution in [0.1, 0.15) is 37.8 Å². The molecule has 0 aliphatic heterocycles. The first kappa shape index (κ1) is 17.6. The topological polar surface area (TPSA) is 46.2 Å². The highest BCUT2D eigenvalue weighted by molar-refractivity contribution is 9.10. The number of halogens is 2. The normalized spacial score (nSPS) is 13.4. The highest BCUT2D eigenvalue weighted by Crippen LogP contribution is 2.27.